The summed E-state index contributed by atoms with van der Waals surface area (Å²) in [4.78, 5) is 1.94. The Balaban J connectivity index is 0. The van der Waals surface area contributed by atoms with Gasteiger partial charge >= 0.3 is 11.7 Å². The van der Waals surface area contributed by atoms with Gasteiger partial charge in [0.15, 0.2) is 0 Å². The molecule has 0 fully saturated rings. The average molecular weight is 374 g/mol. The molecule has 0 aromatic heterocycles. The SMILES string of the molecule is C=S(C)(=O)C(F)(F)F.CN(CCCCN)CCOCC(F)(F)F. The molecule has 23 heavy (non-hydrogen) atoms. The predicted molar refractivity (Wildman–Crippen MR) is 79.9 cm³/mol. The van der Waals surface area contributed by atoms with Crippen LogP contribution in [-0.2, 0) is 14.3 Å². The molecule has 0 bridgehead atoms. The Morgan fingerprint density at radius 2 is 1.61 bits per heavy atom. The van der Waals surface area contributed by atoms with Gasteiger partial charge in [-0.05, 0) is 38.8 Å². The topological polar surface area (TPSA) is 55.6 Å². The highest BCUT2D eigenvalue weighted by Gasteiger charge is 2.35. The zero-order valence-electron chi connectivity index (χ0n) is 13.2. The van der Waals surface area contributed by atoms with Crippen LogP contribution >= 0.6 is 0 Å². The molecule has 0 aromatic carbocycles. The van der Waals surface area contributed by atoms with Crippen LogP contribution in [0.4, 0.5) is 26.3 Å². The van der Waals surface area contributed by atoms with Crippen LogP contribution in [0.25, 0.3) is 0 Å². The fourth-order valence-electron chi connectivity index (χ4n) is 1.05. The molecular formula is C12H24F6N2O2S. The molecule has 11 heteroatoms. The van der Waals surface area contributed by atoms with E-state index in [1.165, 1.54) is 0 Å². The lowest BCUT2D eigenvalue weighted by molar-refractivity contribution is -0.174. The van der Waals surface area contributed by atoms with Crippen LogP contribution in [0.15, 0.2) is 0 Å². The van der Waals surface area contributed by atoms with Gasteiger partial charge in [-0.2, -0.15) is 26.3 Å². The van der Waals surface area contributed by atoms with E-state index in [0.717, 1.165) is 19.4 Å². The lowest BCUT2D eigenvalue weighted by Gasteiger charge is -2.16. The Morgan fingerprint density at radius 3 is 1.96 bits per heavy atom. The van der Waals surface area contributed by atoms with Crippen molar-refractivity contribution in [3.8, 4) is 0 Å². The molecule has 1 atom stereocenters. The summed E-state index contributed by atoms with van der Waals surface area (Å²) in [6, 6.07) is 0. The maximum Gasteiger partial charge on any atom is 0.463 e. The van der Waals surface area contributed by atoms with Gasteiger partial charge in [0.05, 0.1) is 16.1 Å². The Bertz CT molecular complexity index is 395. The van der Waals surface area contributed by atoms with Crippen molar-refractivity contribution < 1.29 is 35.3 Å². The zero-order valence-corrected chi connectivity index (χ0v) is 14.0. The highest BCUT2D eigenvalue weighted by atomic mass is 32.2. The standard InChI is InChI=1S/C9H19F3N2O.C3H5F3OS/c1-14(5-3-2-4-13)6-7-15-8-9(10,11)12;1-8(2,7)3(4,5)6/h2-8,13H2,1H3;1H2,2H3. The van der Waals surface area contributed by atoms with Crippen molar-refractivity contribution in [2.24, 2.45) is 5.73 Å². The molecule has 0 saturated heterocycles. The number of nitrogens with two attached hydrogens (primary N) is 1. The van der Waals surface area contributed by atoms with E-state index in [4.69, 9.17) is 5.73 Å². The molecule has 0 rings (SSSR count). The van der Waals surface area contributed by atoms with Crippen LogP contribution in [0.3, 0.4) is 0 Å². The van der Waals surface area contributed by atoms with Crippen LogP contribution in [0.1, 0.15) is 12.8 Å². The number of rotatable bonds is 8. The number of likely N-dealkylation sites (N-methyl/N-ethyl adjacent to an activating group) is 1. The monoisotopic (exact) mass is 374 g/mol. The summed E-state index contributed by atoms with van der Waals surface area (Å²) in [5, 5.41) is 0. The first-order valence-electron chi connectivity index (χ1n) is 6.62. The average Bonchev–Trinajstić information content (AvgIpc) is 2.32. The summed E-state index contributed by atoms with van der Waals surface area (Å²) in [5.74, 6) is 2.44. The van der Waals surface area contributed by atoms with Crippen LogP contribution in [0.2, 0.25) is 0 Å². The number of hydrogen-bond acceptors (Lipinski definition) is 4. The lowest BCUT2D eigenvalue weighted by Crippen LogP contribution is -2.27. The number of nitrogens with zero attached hydrogens (tertiary/aromatic N) is 1. The van der Waals surface area contributed by atoms with Gasteiger partial charge in [0.2, 0.25) is 0 Å². The lowest BCUT2D eigenvalue weighted by atomic mass is 10.3. The van der Waals surface area contributed by atoms with Crippen molar-refractivity contribution in [3.05, 3.63) is 0 Å². The molecule has 0 heterocycles. The van der Waals surface area contributed by atoms with Gasteiger partial charge in [0.1, 0.15) is 6.61 Å². The summed E-state index contributed by atoms with van der Waals surface area (Å²) in [6.45, 7) is 0.952. The van der Waals surface area contributed by atoms with Crippen LogP contribution < -0.4 is 5.73 Å². The van der Waals surface area contributed by atoms with Crippen LogP contribution in [-0.4, -0.2) is 72.8 Å². The van der Waals surface area contributed by atoms with E-state index in [1.54, 1.807) is 0 Å². The second kappa shape index (κ2) is 11.1. The molecule has 0 aromatic rings. The molecule has 0 aliphatic carbocycles. The number of hydrogen-bond donors (Lipinski definition) is 1. The summed E-state index contributed by atoms with van der Waals surface area (Å²) < 4.78 is 83.2. The third-order valence-electron chi connectivity index (χ3n) is 2.37. The van der Waals surface area contributed by atoms with Gasteiger partial charge in [-0.25, -0.2) is 0 Å². The minimum atomic E-state index is -4.65. The number of ether oxygens (including phenoxy) is 1. The van der Waals surface area contributed by atoms with E-state index in [2.05, 4.69) is 10.6 Å². The van der Waals surface area contributed by atoms with Gasteiger partial charge in [-0.1, -0.05) is 0 Å². The second-order valence-corrected chi connectivity index (χ2v) is 7.39. The van der Waals surface area contributed by atoms with E-state index in [-0.39, 0.29) is 6.61 Å². The first kappa shape index (κ1) is 24.7. The number of unbranched alkanes of at least 4 members (excludes halogenated alkanes) is 1. The molecule has 0 radical (unpaired) electrons. The quantitative estimate of drug-likeness (QED) is 0.402. The van der Waals surface area contributed by atoms with Crippen molar-refractivity contribution in [1.29, 1.82) is 0 Å². The molecule has 2 N–H and O–H groups in total. The van der Waals surface area contributed by atoms with Crippen molar-refractivity contribution in [2.75, 3.05) is 46.2 Å². The van der Waals surface area contributed by atoms with Gasteiger partial charge in [-0.3, -0.25) is 4.21 Å². The maximum atomic E-state index is 11.7. The fourth-order valence-corrected chi connectivity index (χ4v) is 1.05. The Labute approximate surface area is 133 Å². The Morgan fingerprint density at radius 1 is 1.13 bits per heavy atom. The zero-order chi connectivity index (χ0) is 18.7. The second-order valence-electron chi connectivity index (χ2n) is 4.92. The van der Waals surface area contributed by atoms with E-state index in [1.807, 2.05) is 11.9 Å². The molecule has 1 unspecified atom stereocenters. The highest BCUT2D eigenvalue weighted by Crippen LogP contribution is 2.20. The van der Waals surface area contributed by atoms with E-state index < -0.39 is 27.8 Å². The van der Waals surface area contributed by atoms with Gasteiger partial charge in [-0.15, -0.1) is 0 Å². The minimum Gasteiger partial charge on any atom is -0.371 e. The Hall–Kier alpha value is -0.520. The summed E-state index contributed by atoms with van der Waals surface area (Å²) in [5.41, 5.74) is 0.670. The van der Waals surface area contributed by atoms with E-state index in [9.17, 15) is 30.6 Å². The molecular weight excluding hydrogens is 350 g/mol. The maximum absolute atomic E-state index is 11.7. The third kappa shape index (κ3) is 17.7. The number of alkyl halides is 6. The fraction of sp³-hybridized carbons (Fsp3) is 0.917. The summed E-state index contributed by atoms with van der Waals surface area (Å²) in [6.07, 6.45) is -1.76. The van der Waals surface area contributed by atoms with Gasteiger partial charge < -0.3 is 15.4 Å². The smallest absolute Gasteiger partial charge is 0.371 e. The molecule has 0 spiro atoms. The normalized spacial score (nSPS) is 15.0. The molecule has 0 aliphatic rings. The highest BCUT2D eigenvalue weighted by molar-refractivity contribution is 8.00. The van der Waals surface area contributed by atoms with Crippen molar-refractivity contribution in [1.82, 2.24) is 4.90 Å². The van der Waals surface area contributed by atoms with E-state index in [0.29, 0.717) is 19.3 Å². The predicted octanol–water partition coefficient (Wildman–Crippen LogP) is 2.09. The van der Waals surface area contributed by atoms with Crippen LogP contribution in [0, 0.1) is 0 Å². The summed E-state index contributed by atoms with van der Waals surface area (Å²) in [7, 11) is -1.99. The first-order chi connectivity index (χ1) is 10.2. The van der Waals surface area contributed by atoms with Gasteiger partial charge in [0.25, 0.3) is 0 Å². The van der Waals surface area contributed by atoms with Gasteiger partial charge in [0, 0.05) is 12.8 Å². The molecule has 142 valence electrons. The number of halogens is 6. The third-order valence-corrected chi connectivity index (χ3v) is 3.35. The van der Waals surface area contributed by atoms with Crippen molar-refractivity contribution in [2.45, 2.75) is 24.5 Å². The largest absolute Gasteiger partial charge is 0.463 e. The first-order valence-corrected chi connectivity index (χ1v) is 8.76. The van der Waals surface area contributed by atoms with Crippen molar-refractivity contribution in [3.63, 3.8) is 0 Å². The van der Waals surface area contributed by atoms with Crippen molar-refractivity contribution >= 4 is 15.4 Å². The summed E-state index contributed by atoms with van der Waals surface area (Å²) >= 11 is 0. The minimum absolute atomic E-state index is 0.110. The van der Waals surface area contributed by atoms with E-state index >= 15 is 0 Å². The Kier molecular flexibility index (Phi) is 11.9. The molecule has 0 aliphatic heterocycles. The molecule has 0 amide bonds. The molecule has 0 saturated carbocycles. The van der Waals surface area contributed by atoms with Crippen LogP contribution in [0.5, 0.6) is 0 Å². The molecule has 4 nitrogen and oxygen atoms in total.